The van der Waals surface area contributed by atoms with E-state index in [0.717, 1.165) is 25.1 Å². The number of carbonyl (C=O) groups excluding carboxylic acids is 1. The SMILES string of the molecule is CC1Cc2ccccc2N1C(=O)c1cnn2c1OCCC2. The maximum Gasteiger partial charge on any atom is 0.265 e. The maximum atomic E-state index is 12.9. The second kappa shape index (κ2) is 4.62. The van der Waals surface area contributed by atoms with Crippen molar-refractivity contribution in [2.24, 2.45) is 0 Å². The van der Waals surface area contributed by atoms with Gasteiger partial charge in [-0.15, -0.1) is 0 Å². The number of fused-ring (bicyclic) bond motifs is 2. The summed E-state index contributed by atoms with van der Waals surface area (Å²) in [4.78, 5) is 14.8. The lowest BCUT2D eigenvalue weighted by Crippen LogP contribution is -2.36. The van der Waals surface area contributed by atoms with Crippen molar-refractivity contribution in [3.8, 4) is 5.88 Å². The van der Waals surface area contributed by atoms with Crippen LogP contribution in [0.2, 0.25) is 0 Å². The van der Waals surface area contributed by atoms with E-state index in [1.807, 2.05) is 23.1 Å². The molecule has 0 N–H and O–H groups in total. The van der Waals surface area contributed by atoms with Gasteiger partial charge in [0, 0.05) is 24.7 Å². The number of hydrogen-bond acceptors (Lipinski definition) is 3. The molecule has 5 heteroatoms. The molecule has 4 rings (SSSR count). The highest BCUT2D eigenvalue weighted by atomic mass is 16.5. The van der Waals surface area contributed by atoms with Gasteiger partial charge in [-0.3, -0.25) is 4.79 Å². The molecule has 0 saturated heterocycles. The summed E-state index contributed by atoms with van der Waals surface area (Å²) in [5.74, 6) is 0.596. The van der Waals surface area contributed by atoms with E-state index >= 15 is 0 Å². The Hall–Kier alpha value is -2.30. The van der Waals surface area contributed by atoms with Crippen molar-refractivity contribution in [3.63, 3.8) is 0 Å². The topological polar surface area (TPSA) is 47.4 Å². The van der Waals surface area contributed by atoms with Crippen LogP contribution in [0.3, 0.4) is 0 Å². The fourth-order valence-electron chi connectivity index (χ4n) is 3.22. The Morgan fingerprint density at radius 2 is 2.24 bits per heavy atom. The summed E-state index contributed by atoms with van der Waals surface area (Å²) in [6.07, 6.45) is 3.47. The molecule has 0 bridgehead atoms. The maximum absolute atomic E-state index is 12.9. The van der Waals surface area contributed by atoms with Crippen molar-refractivity contribution in [2.45, 2.75) is 32.4 Å². The monoisotopic (exact) mass is 283 g/mol. The molecule has 3 heterocycles. The van der Waals surface area contributed by atoms with Gasteiger partial charge in [-0.05, 0) is 25.0 Å². The largest absolute Gasteiger partial charge is 0.477 e. The van der Waals surface area contributed by atoms with Gasteiger partial charge in [0.05, 0.1) is 12.8 Å². The van der Waals surface area contributed by atoms with E-state index in [4.69, 9.17) is 4.74 Å². The van der Waals surface area contributed by atoms with E-state index in [1.165, 1.54) is 5.56 Å². The van der Waals surface area contributed by atoms with Gasteiger partial charge in [0.25, 0.3) is 5.91 Å². The highest BCUT2D eigenvalue weighted by molar-refractivity contribution is 6.09. The Morgan fingerprint density at radius 3 is 3.14 bits per heavy atom. The molecule has 21 heavy (non-hydrogen) atoms. The summed E-state index contributed by atoms with van der Waals surface area (Å²) >= 11 is 0. The van der Waals surface area contributed by atoms with E-state index in [-0.39, 0.29) is 11.9 Å². The third-order valence-electron chi connectivity index (χ3n) is 4.20. The first-order valence-corrected chi connectivity index (χ1v) is 7.36. The van der Waals surface area contributed by atoms with Crippen LogP contribution in [-0.4, -0.2) is 28.3 Å². The van der Waals surface area contributed by atoms with Crippen LogP contribution >= 0.6 is 0 Å². The van der Waals surface area contributed by atoms with Crippen LogP contribution in [0.1, 0.15) is 29.3 Å². The van der Waals surface area contributed by atoms with E-state index in [0.29, 0.717) is 18.1 Å². The lowest BCUT2D eigenvalue weighted by Gasteiger charge is -2.23. The molecule has 108 valence electrons. The molecule has 0 aliphatic carbocycles. The summed E-state index contributed by atoms with van der Waals surface area (Å²) in [7, 11) is 0. The number of aryl methyl sites for hydroxylation is 1. The number of anilines is 1. The average molecular weight is 283 g/mol. The van der Waals surface area contributed by atoms with Crippen LogP contribution in [0.4, 0.5) is 5.69 Å². The number of hydrogen-bond donors (Lipinski definition) is 0. The smallest absolute Gasteiger partial charge is 0.265 e. The van der Waals surface area contributed by atoms with Crippen LogP contribution < -0.4 is 9.64 Å². The lowest BCUT2D eigenvalue weighted by molar-refractivity contribution is 0.0975. The molecule has 0 spiro atoms. The molecule has 0 saturated carbocycles. The second-order valence-corrected chi connectivity index (χ2v) is 5.65. The molecule has 1 aromatic heterocycles. The molecule has 5 nitrogen and oxygen atoms in total. The van der Waals surface area contributed by atoms with Crippen LogP contribution in [0.15, 0.2) is 30.5 Å². The number of nitrogens with zero attached hydrogens (tertiary/aromatic N) is 3. The fourth-order valence-corrected chi connectivity index (χ4v) is 3.22. The summed E-state index contributed by atoms with van der Waals surface area (Å²) < 4.78 is 7.43. The van der Waals surface area contributed by atoms with Gasteiger partial charge >= 0.3 is 0 Å². The molecule has 1 unspecified atom stereocenters. The van der Waals surface area contributed by atoms with Crippen molar-refractivity contribution in [1.82, 2.24) is 9.78 Å². The number of rotatable bonds is 1. The predicted octanol–water partition coefficient (Wildman–Crippen LogP) is 2.26. The minimum atomic E-state index is -0.0180. The van der Waals surface area contributed by atoms with Gasteiger partial charge in [-0.1, -0.05) is 18.2 Å². The zero-order chi connectivity index (χ0) is 14.4. The van der Waals surface area contributed by atoms with Crippen molar-refractivity contribution >= 4 is 11.6 Å². The van der Waals surface area contributed by atoms with E-state index in [9.17, 15) is 4.79 Å². The normalized spacial score (nSPS) is 19.9. The Balaban J connectivity index is 1.74. The van der Waals surface area contributed by atoms with Crippen molar-refractivity contribution in [1.29, 1.82) is 0 Å². The first-order chi connectivity index (χ1) is 10.3. The zero-order valence-electron chi connectivity index (χ0n) is 12.0. The number of para-hydroxylation sites is 1. The Bertz CT molecular complexity index is 707. The Morgan fingerprint density at radius 1 is 1.38 bits per heavy atom. The van der Waals surface area contributed by atoms with E-state index in [1.54, 1.807) is 10.9 Å². The van der Waals surface area contributed by atoms with Gasteiger partial charge in [-0.25, -0.2) is 4.68 Å². The first kappa shape index (κ1) is 12.4. The van der Waals surface area contributed by atoms with Gasteiger partial charge in [-0.2, -0.15) is 5.10 Å². The van der Waals surface area contributed by atoms with Crippen molar-refractivity contribution in [2.75, 3.05) is 11.5 Å². The Kier molecular flexibility index (Phi) is 2.74. The molecule has 2 aromatic rings. The number of benzene rings is 1. The van der Waals surface area contributed by atoms with Gasteiger partial charge in [0.2, 0.25) is 5.88 Å². The Labute approximate surface area is 123 Å². The summed E-state index contributed by atoms with van der Waals surface area (Å²) in [6.45, 7) is 3.54. The average Bonchev–Trinajstić information content (AvgIpc) is 3.06. The van der Waals surface area contributed by atoms with Gasteiger partial charge in [0.15, 0.2) is 0 Å². The molecule has 1 aromatic carbocycles. The standard InChI is InChI=1S/C16H17N3O2/c1-11-9-12-5-2-3-6-14(12)19(11)15(20)13-10-17-18-7-4-8-21-16(13)18/h2-3,5-6,10-11H,4,7-9H2,1H3. The zero-order valence-corrected chi connectivity index (χ0v) is 12.0. The van der Waals surface area contributed by atoms with Crippen molar-refractivity contribution < 1.29 is 9.53 Å². The molecular formula is C16H17N3O2. The van der Waals surface area contributed by atoms with Crippen LogP contribution in [0.25, 0.3) is 0 Å². The number of aromatic nitrogens is 2. The van der Waals surface area contributed by atoms with E-state index in [2.05, 4.69) is 18.1 Å². The second-order valence-electron chi connectivity index (χ2n) is 5.65. The van der Waals surface area contributed by atoms with Crippen LogP contribution in [-0.2, 0) is 13.0 Å². The summed E-state index contributed by atoms with van der Waals surface area (Å²) in [5, 5.41) is 4.27. The molecule has 1 amide bonds. The van der Waals surface area contributed by atoms with Gasteiger partial charge < -0.3 is 9.64 Å². The quantitative estimate of drug-likeness (QED) is 0.806. The number of ether oxygens (including phenoxy) is 1. The summed E-state index contributed by atoms with van der Waals surface area (Å²) in [6, 6.07) is 8.25. The first-order valence-electron chi connectivity index (χ1n) is 7.36. The lowest BCUT2D eigenvalue weighted by atomic mass is 10.1. The third-order valence-corrected chi connectivity index (χ3v) is 4.20. The highest BCUT2D eigenvalue weighted by Gasteiger charge is 2.34. The van der Waals surface area contributed by atoms with Crippen molar-refractivity contribution in [3.05, 3.63) is 41.6 Å². The third kappa shape index (κ3) is 1.84. The fraction of sp³-hybridized carbons (Fsp3) is 0.375. The molecule has 1 atom stereocenters. The predicted molar refractivity (Wildman–Crippen MR) is 78.8 cm³/mol. The molecule has 2 aliphatic rings. The minimum Gasteiger partial charge on any atom is -0.477 e. The molecular weight excluding hydrogens is 266 g/mol. The molecule has 0 fully saturated rings. The minimum absolute atomic E-state index is 0.0180. The summed E-state index contributed by atoms with van der Waals surface area (Å²) in [5.41, 5.74) is 2.80. The molecule has 0 radical (unpaired) electrons. The van der Waals surface area contributed by atoms with Gasteiger partial charge in [0.1, 0.15) is 5.56 Å². The highest BCUT2D eigenvalue weighted by Crippen LogP contribution is 2.34. The number of amides is 1. The molecule has 2 aliphatic heterocycles. The number of carbonyl (C=O) groups is 1. The van der Waals surface area contributed by atoms with E-state index < -0.39 is 0 Å². The van der Waals surface area contributed by atoms with Crippen LogP contribution in [0, 0.1) is 0 Å². The van der Waals surface area contributed by atoms with Crippen LogP contribution in [0.5, 0.6) is 5.88 Å².